The van der Waals surface area contributed by atoms with Gasteiger partial charge in [-0.15, -0.1) is 0 Å². The molecule has 3 heterocycles. The summed E-state index contributed by atoms with van der Waals surface area (Å²) in [5.74, 6) is -2.76. The van der Waals surface area contributed by atoms with E-state index in [1.54, 1.807) is 25.7 Å². The van der Waals surface area contributed by atoms with E-state index in [0.717, 1.165) is 6.20 Å². The molecule has 2 aliphatic heterocycles. The van der Waals surface area contributed by atoms with Crippen molar-refractivity contribution in [1.29, 1.82) is 0 Å². The molecule has 0 amide bonds. The Morgan fingerprint density at radius 3 is 2.50 bits per heavy atom. The fraction of sp³-hybridized carbons (Fsp3) is 0.474. The number of rotatable bonds is 3. The van der Waals surface area contributed by atoms with Gasteiger partial charge in [0, 0.05) is 19.3 Å². The minimum absolute atomic E-state index is 0.00142. The lowest BCUT2D eigenvalue weighted by Crippen LogP contribution is -2.46. The van der Waals surface area contributed by atoms with Gasteiger partial charge >= 0.3 is 11.7 Å². The van der Waals surface area contributed by atoms with Crippen molar-refractivity contribution in [2.75, 3.05) is 24.6 Å². The van der Waals surface area contributed by atoms with Crippen LogP contribution in [-0.2, 0) is 4.74 Å². The van der Waals surface area contributed by atoms with Gasteiger partial charge in [0.05, 0.1) is 23.2 Å². The summed E-state index contributed by atoms with van der Waals surface area (Å²) in [6, 6.07) is -0.417. The molecule has 1 aromatic heterocycles. The summed E-state index contributed by atoms with van der Waals surface area (Å²) in [6.45, 7) is 5.95. The van der Waals surface area contributed by atoms with Crippen LogP contribution in [0.3, 0.4) is 0 Å². The average Bonchev–Trinajstić information content (AvgIpc) is 2.64. The molecule has 3 atom stereocenters. The Hall–Kier alpha value is -3.21. The molecule has 10 nitrogen and oxygen atoms in total. The van der Waals surface area contributed by atoms with Crippen molar-refractivity contribution in [3.05, 3.63) is 37.9 Å². The highest BCUT2D eigenvalue weighted by Crippen LogP contribution is 2.47. The summed E-state index contributed by atoms with van der Waals surface area (Å²) in [4.78, 5) is 36.9. The number of pyridine rings is 1. The first-order valence-electron chi connectivity index (χ1n) is 9.47. The largest absolute Gasteiger partial charge is 0.487 e. The maximum Gasteiger partial charge on any atom is 0.341 e. The van der Waals surface area contributed by atoms with Crippen molar-refractivity contribution in [2.45, 2.75) is 39.0 Å². The van der Waals surface area contributed by atoms with E-state index >= 15 is 4.39 Å². The second-order valence-corrected chi connectivity index (χ2v) is 7.73. The smallest absolute Gasteiger partial charge is 0.341 e. The highest BCUT2D eigenvalue weighted by molar-refractivity contribution is 6.02. The summed E-state index contributed by atoms with van der Waals surface area (Å²) >= 11 is 0. The first-order chi connectivity index (χ1) is 14.1. The van der Waals surface area contributed by atoms with Crippen molar-refractivity contribution in [3.8, 4) is 5.75 Å². The summed E-state index contributed by atoms with van der Waals surface area (Å²) in [5, 5.41) is 20.6. The highest BCUT2D eigenvalue weighted by atomic mass is 19.1. The third-order valence-corrected chi connectivity index (χ3v) is 5.41. The predicted molar refractivity (Wildman–Crippen MR) is 104 cm³/mol. The van der Waals surface area contributed by atoms with Crippen LogP contribution in [0.15, 0.2) is 11.0 Å². The fourth-order valence-corrected chi connectivity index (χ4v) is 4.25. The van der Waals surface area contributed by atoms with Crippen molar-refractivity contribution in [1.82, 2.24) is 4.57 Å². The molecule has 0 bridgehead atoms. The SMILES string of the molecule is CC1CN(c2c(F)c([N+](=O)[O-])c3c(=O)c(C(=O)O)cn4c3c2OCC4C)CC(C)O1. The van der Waals surface area contributed by atoms with E-state index < -0.39 is 44.8 Å². The third-order valence-electron chi connectivity index (χ3n) is 5.41. The van der Waals surface area contributed by atoms with Crippen LogP contribution in [0, 0.1) is 15.9 Å². The molecule has 0 radical (unpaired) electrons. The van der Waals surface area contributed by atoms with Gasteiger partial charge in [-0.25, -0.2) is 4.79 Å². The lowest BCUT2D eigenvalue weighted by atomic mass is 10.0. The van der Waals surface area contributed by atoms with Crippen LogP contribution in [0.25, 0.3) is 10.9 Å². The monoisotopic (exact) mass is 421 g/mol. The van der Waals surface area contributed by atoms with Gasteiger partial charge in [-0.3, -0.25) is 14.9 Å². The summed E-state index contributed by atoms with van der Waals surface area (Å²) in [6.07, 6.45) is 0.628. The standard InChI is InChI=1S/C19H20FN3O7/c1-8-7-29-18-15-12(17(24)11(19(25)26)6-22(8)15)14(23(27)28)13(20)16(18)21-4-9(2)30-10(3)5-21/h6,8-10H,4-5,7H2,1-3H3,(H,25,26). The zero-order valence-electron chi connectivity index (χ0n) is 16.5. The Labute approximate surface area is 169 Å². The number of halogens is 1. The van der Waals surface area contributed by atoms with Crippen molar-refractivity contribution >= 4 is 28.2 Å². The van der Waals surface area contributed by atoms with E-state index in [9.17, 15) is 24.8 Å². The number of morpholine rings is 1. The van der Waals surface area contributed by atoms with Crippen molar-refractivity contribution in [3.63, 3.8) is 0 Å². The van der Waals surface area contributed by atoms with Crippen LogP contribution < -0.4 is 15.1 Å². The van der Waals surface area contributed by atoms with E-state index in [0.29, 0.717) is 0 Å². The number of hydrogen-bond donors (Lipinski definition) is 1. The van der Waals surface area contributed by atoms with Crippen molar-refractivity contribution < 1.29 is 28.7 Å². The maximum atomic E-state index is 15.6. The number of aromatic nitrogens is 1. The molecule has 0 saturated carbocycles. The summed E-state index contributed by atoms with van der Waals surface area (Å²) < 4.78 is 28.5. The number of nitrogens with zero attached hydrogens (tertiary/aromatic N) is 3. The van der Waals surface area contributed by atoms with E-state index in [2.05, 4.69) is 0 Å². The van der Waals surface area contributed by atoms with Crippen LogP contribution >= 0.6 is 0 Å². The molecule has 30 heavy (non-hydrogen) atoms. The first-order valence-corrected chi connectivity index (χ1v) is 9.47. The van der Waals surface area contributed by atoms with E-state index in [4.69, 9.17) is 9.47 Å². The Morgan fingerprint density at radius 1 is 1.30 bits per heavy atom. The quantitative estimate of drug-likeness (QED) is 0.591. The molecule has 2 aromatic rings. The van der Waals surface area contributed by atoms with E-state index in [1.807, 2.05) is 0 Å². The van der Waals surface area contributed by atoms with Crippen molar-refractivity contribution in [2.24, 2.45) is 0 Å². The molecule has 1 aromatic carbocycles. The van der Waals surface area contributed by atoms with Gasteiger partial charge in [0.25, 0.3) is 0 Å². The second-order valence-electron chi connectivity index (χ2n) is 7.73. The zero-order valence-corrected chi connectivity index (χ0v) is 16.5. The molecular formula is C19H20FN3O7. The Bertz CT molecular complexity index is 1140. The number of anilines is 1. The number of benzene rings is 1. The summed E-state index contributed by atoms with van der Waals surface area (Å²) in [7, 11) is 0. The fourth-order valence-electron chi connectivity index (χ4n) is 4.25. The predicted octanol–water partition coefficient (Wildman–Crippen LogP) is 2.31. The second kappa shape index (κ2) is 6.94. The minimum Gasteiger partial charge on any atom is -0.487 e. The average molecular weight is 421 g/mol. The first kappa shape index (κ1) is 20.1. The number of carboxylic acid groups (broad SMARTS) is 1. The summed E-state index contributed by atoms with van der Waals surface area (Å²) in [5.41, 5.74) is -2.91. The van der Waals surface area contributed by atoms with Crippen LogP contribution in [0.5, 0.6) is 5.75 Å². The molecule has 0 spiro atoms. The number of nitro benzene ring substituents is 1. The number of ether oxygens (including phenoxy) is 2. The van der Waals surface area contributed by atoms with Gasteiger partial charge in [0.15, 0.2) is 5.75 Å². The lowest BCUT2D eigenvalue weighted by Gasteiger charge is -2.38. The van der Waals surface area contributed by atoms with Gasteiger partial charge in [-0.05, 0) is 20.8 Å². The lowest BCUT2D eigenvalue weighted by molar-refractivity contribution is -0.385. The van der Waals surface area contributed by atoms with Gasteiger partial charge in [-0.1, -0.05) is 0 Å². The topological polar surface area (TPSA) is 124 Å². The van der Waals surface area contributed by atoms with E-state index in [1.165, 1.54) is 4.57 Å². The normalized spacial score (nSPS) is 23.3. The molecule has 3 unspecified atom stereocenters. The number of carboxylic acids is 1. The Kier molecular flexibility index (Phi) is 4.64. The van der Waals surface area contributed by atoms with Crippen LogP contribution in [-0.4, -0.2) is 52.5 Å². The minimum atomic E-state index is -1.54. The van der Waals surface area contributed by atoms with Gasteiger partial charge in [-0.2, -0.15) is 4.39 Å². The molecule has 1 N–H and O–H groups in total. The maximum absolute atomic E-state index is 15.6. The zero-order chi connectivity index (χ0) is 21.9. The Morgan fingerprint density at radius 2 is 1.93 bits per heavy atom. The molecule has 2 aliphatic rings. The molecule has 1 saturated heterocycles. The third kappa shape index (κ3) is 2.88. The number of carbonyl (C=O) groups is 1. The number of nitro groups is 1. The van der Waals surface area contributed by atoms with Crippen LogP contribution in [0.1, 0.15) is 37.2 Å². The number of hydrogen-bond acceptors (Lipinski definition) is 7. The molecular weight excluding hydrogens is 401 g/mol. The molecule has 4 rings (SSSR count). The van der Waals surface area contributed by atoms with Crippen LogP contribution in [0.2, 0.25) is 0 Å². The highest BCUT2D eigenvalue weighted by Gasteiger charge is 2.39. The molecule has 1 fully saturated rings. The molecule has 11 heteroatoms. The molecule has 0 aliphatic carbocycles. The van der Waals surface area contributed by atoms with Gasteiger partial charge < -0.3 is 24.0 Å². The Balaban J connectivity index is 2.16. The van der Waals surface area contributed by atoms with E-state index in [-0.39, 0.29) is 48.9 Å². The molecule has 160 valence electrons. The van der Waals surface area contributed by atoms with Crippen LogP contribution in [0.4, 0.5) is 15.8 Å². The van der Waals surface area contributed by atoms with Gasteiger partial charge in [0.2, 0.25) is 11.2 Å². The number of aromatic carboxylic acids is 1. The van der Waals surface area contributed by atoms with Gasteiger partial charge in [0.1, 0.15) is 28.8 Å².